The first-order chi connectivity index (χ1) is 9.79. The summed E-state index contributed by atoms with van der Waals surface area (Å²) in [4.78, 5) is 4.27. The number of aromatic nitrogens is 1. The second kappa shape index (κ2) is 7.53. The first kappa shape index (κ1) is 14.4. The average Bonchev–Trinajstić information content (AvgIpc) is 2.49. The van der Waals surface area contributed by atoms with Crippen molar-refractivity contribution in [2.45, 2.75) is 26.2 Å². The van der Waals surface area contributed by atoms with E-state index in [1.807, 2.05) is 12.3 Å². The Morgan fingerprint density at radius 2 is 1.90 bits per heavy atom. The highest BCUT2D eigenvalue weighted by Gasteiger charge is 2.04. The lowest BCUT2D eigenvalue weighted by atomic mass is 9.98. The molecular weight excluding hydrogens is 246 g/mol. The summed E-state index contributed by atoms with van der Waals surface area (Å²) in [6.45, 7) is 6.20. The Bertz CT molecular complexity index is 511. The van der Waals surface area contributed by atoms with Crippen LogP contribution in [0, 0.1) is 0 Å². The maximum atomic E-state index is 4.27. The van der Waals surface area contributed by atoms with E-state index in [-0.39, 0.29) is 0 Å². The Kier molecular flexibility index (Phi) is 5.42. The maximum Gasteiger partial charge on any atom is 0.127 e. The molecule has 0 spiro atoms. The van der Waals surface area contributed by atoms with Crippen LogP contribution in [0.2, 0.25) is 0 Å². The van der Waals surface area contributed by atoms with Gasteiger partial charge in [0.25, 0.3) is 0 Å². The molecule has 1 aromatic carbocycles. The Morgan fingerprint density at radius 1 is 1.10 bits per heavy atom. The summed E-state index contributed by atoms with van der Waals surface area (Å²) in [5.74, 6) is 1.49. The molecule has 0 saturated carbocycles. The van der Waals surface area contributed by atoms with E-state index in [0.717, 1.165) is 31.0 Å². The number of hydrogen-bond acceptors (Lipinski definition) is 3. The van der Waals surface area contributed by atoms with E-state index < -0.39 is 0 Å². The molecule has 0 aliphatic heterocycles. The summed E-state index contributed by atoms with van der Waals surface area (Å²) < 4.78 is 0. The van der Waals surface area contributed by atoms with Crippen LogP contribution in [0.4, 0.5) is 11.5 Å². The van der Waals surface area contributed by atoms with E-state index in [9.17, 15) is 0 Å². The first-order valence-electron chi connectivity index (χ1n) is 7.28. The number of hydrogen-bond donors (Lipinski definition) is 2. The molecule has 3 heteroatoms. The molecule has 20 heavy (non-hydrogen) atoms. The third-order valence-corrected chi connectivity index (χ3v) is 3.39. The third-order valence-electron chi connectivity index (χ3n) is 3.39. The molecule has 2 aromatic rings. The highest BCUT2D eigenvalue weighted by molar-refractivity contribution is 5.51. The second-order valence-electron chi connectivity index (χ2n) is 4.99. The van der Waals surface area contributed by atoms with E-state index in [0.29, 0.717) is 5.92 Å². The number of benzene rings is 1. The number of nitrogens with one attached hydrogen (secondary N) is 2. The Balaban J connectivity index is 1.82. The maximum absolute atomic E-state index is 4.27. The molecule has 1 unspecified atom stereocenters. The Hall–Kier alpha value is -2.03. The second-order valence-corrected chi connectivity index (χ2v) is 4.99. The molecule has 0 radical (unpaired) electrons. The summed E-state index contributed by atoms with van der Waals surface area (Å²) in [6, 6.07) is 14.7. The van der Waals surface area contributed by atoms with E-state index in [1.165, 1.54) is 5.56 Å². The number of anilines is 2. The van der Waals surface area contributed by atoms with Crippen molar-refractivity contribution in [2.75, 3.05) is 23.7 Å². The molecule has 0 aliphatic rings. The minimum atomic E-state index is 0.568. The van der Waals surface area contributed by atoms with Gasteiger partial charge in [-0.3, -0.25) is 0 Å². The minimum Gasteiger partial charge on any atom is -0.385 e. The van der Waals surface area contributed by atoms with Crippen molar-refractivity contribution >= 4 is 11.5 Å². The quantitative estimate of drug-likeness (QED) is 0.794. The van der Waals surface area contributed by atoms with Gasteiger partial charge < -0.3 is 10.6 Å². The van der Waals surface area contributed by atoms with Gasteiger partial charge in [-0.2, -0.15) is 0 Å². The highest BCUT2D eigenvalue weighted by atomic mass is 15.0. The predicted molar refractivity (Wildman–Crippen MR) is 86.4 cm³/mol. The summed E-state index contributed by atoms with van der Waals surface area (Å²) >= 11 is 0. The molecule has 1 atom stereocenters. The summed E-state index contributed by atoms with van der Waals surface area (Å²) in [7, 11) is 0. The zero-order chi connectivity index (χ0) is 14.2. The lowest BCUT2D eigenvalue weighted by Gasteiger charge is -2.13. The Labute approximate surface area is 121 Å². The van der Waals surface area contributed by atoms with Gasteiger partial charge in [0, 0.05) is 31.0 Å². The van der Waals surface area contributed by atoms with Gasteiger partial charge in [-0.1, -0.05) is 37.3 Å². The minimum absolute atomic E-state index is 0.568. The van der Waals surface area contributed by atoms with Gasteiger partial charge in [-0.05, 0) is 30.9 Å². The van der Waals surface area contributed by atoms with E-state index in [4.69, 9.17) is 0 Å². The van der Waals surface area contributed by atoms with Gasteiger partial charge in [0.05, 0.1) is 0 Å². The van der Waals surface area contributed by atoms with Crippen LogP contribution in [0.3, 0.4) is 0 Å². The van der Waals surface area contributed by atoms with Gasteiger partial charge >= 0.3 is 0 Å². The molecular formula is C17H23N3. The molecule has 0 amide bonds. The first-order valence-corrected chi connectivity index (χ1v) is 7.28. The standard InChI is InChI=1S/C17H23N3/c1-3-18-17-13-16(10-12-20-17)19-11-9-14(2)15-7-5-4-6-8-15/h4-8,10,12-14H,3,9,11H2,1-2H3,(H2,18,19,20). The van der Waals surface area contributed by atoms with Gasteiger partial charge in [0.2, 0.25) is 0 Å². The van der Waals surface area contributed by atoms with Crippen molar-refractivity contribution in [3.63, 3.8) is 0 Å². The SMILES string of the molecule is CCNc1cc(NCCC(C)c2ccccc2)ccn1. The smallest absolute Gasteiger partial charge is 0.127 e. The van der Waals surface area contributed by atoms with Crippen molar-refractivity contribution in [2.24, 2.45) is 0 Å². The molecule has 2 rings (SSSR count). The zero-order valence-electron chi connectivity index (χ0n) is 12.3. The van der Waals surface area contributed by atoms with Crippen LogP contribution in [0.5, 0.6) is 0 Å². The molecule has 0 bridgehead atoms. The summed E-state index contributed by atoms with van der Waals surface area (Å²) in [5, 5.41) is 6.69. The van der Waals surface area contributed by atoms with Crippen LogP contribution in [0.15, 0.2) is 48.7 Å². The largest absolute Gasteiger partial charge is 0.385 e. The van der Waals surface area contributed by atoms with E-state index in [1.54, 1.807) is 0 Å². The fourth-order valence-electron chi connectivity index (χ4n) is 2.20. The fraction of sp³-hybridized carbons (Fsp3) is 0.353. The van der Waals surface area contributed by atoms with Crippen LogP contribution >= 0.6 is 0 Å². The van der Waals surface area contributed by atoms with Gasteiger partial charge in [-0.15, -0.1) is 0 Å². The highest BCUT2D eigenvalue weighted by Crippen LogP contribution is 2.19. The number of rotatable bonds is 7. The van der Waals surface area contributed by atoms with E-state index in [2.05, 4.69) is 65.9 Å². The monoisotopic (exact) mass is 269 g/mol. The Morgan fingerprint density at radius 3 is 2.65 bits per heavy atom. The van der Waals surface area contributed by atoms with Crippen molar-refractivity contribution in [1.82, 2.24) is 4.98 Å². The molecule has 0 saturated heterocycles. The normalized spacial score (nSPS) is 11.9. The van der Waals surface area contributed by atoms with Gasteiger partial charge in [0.15, 0.2) is 0 Å². The van der Waals surface area contributed by atoms with Crippen molar-refractivity contribution < 1.29 is 0 Å². The molecule has 1 heterocycles. The van der Waals surface area contributed by atoms with Gasteiger partial charge in [-0.25, -0.2) is 4.98 Å². The summed E-state index contributed by atoms with van der Waals surface area (Å²) in [5.41, 5.74) is 2.52. The number of pyridine rings is 1. The lowest BCUT2D eigenvalue weighted by Crippen LogP contribution is -2.07. The topological polar surface area (TPSA) is 37.0 Å². The van der Waals surface area contributed by atoms with Crippen LogP contribution in [-0.2, 0) is 0 Å². The fourth-order valence-corrected chi connectivity index (χ4v) is 2.20. The lowest BCUT2D eigenvalue weighted by molar-refractivity contribution is 0.706. The molecule has 2 N–H and O–H groups in total. The van der Waals surface area contributed by atoms with Crippen LogP contribution in [-0.4, -0.2) is 18.1 Å². The third kappa shape index (κ3) is 4.26. The number of nitrogens with zero attached hydrogens (tertiary/aromatic N) is 1. The molecule has 3 nitrogen and oxygen atoms in total. The van der Waals surface area contributed by atoms with Crippen LogP contribution < -0.4 is 10.6 Å². The van der Waals surface area contributed by atoms with Crippen LogP contribution in [0.1, 0.15) is 31.7 Å². The average molecular weight is 269 g/mol. The van der Waals surface area contributed by atoms with Crippen molar-refractivity contribution in [3.8, 4) is 0 Å². The predicted octanol–water partition coefficient (Wildman–Crippen LogP) is 4.12. The van der Waals surface area contributed by atoms with Crippen molar-refractivity contribution in [1.29, 1.82) is 0 Å². The molecule has 0 aliphatic carbocycles. The van der Waals surface area contributed by atoms with E-state index >= 15 is 0 Å². The summed E-state index contributed by atoms with van der Waals surface area (Å²) in [6.07, 6.45) is 2.95. The van der Waals surface area contributed by atoms with Crippen molar-refractivity contribution in [3.05, 3.63) is 54.2 Å². The molecule has 0 fully saturated rings. The van der Waals surface area contributed by atoms with Crippen LogP contribution in [0.25, 0.3) is 0 Å². The van der Waals surface area contributed by atoms with Gasteiger partial charge in [0.1, 0.15) is 5.82 Å². The molecule has 106 valence electrons. The zero-order valence-corrected chi connectivity index (χ0v) is 12.3. The molecule has 1 aromatic heterocycles.